The monoisotopic (exact) mass is 361 g/mol. The van der Waals surface area contributed by atoms with E-state index in [4.69, 9.17) is 0 Å². The van der Waals surface area contributed by atoms with Gasteiger partial charge in [0.15, 0.2) is 0 Å². The maximum atomic E-state index is 12.2. The third-order valence-electron chi connectivity index (χ3n) is 2.27. The van der Waals surface area contributed by atoms with E-state index in [1.807, 2.05) is 0 Å². The van der Waals surface area contributed by atoms with Gasteiger partial charge >= 0.3 is 0 Å². The van der Waals surface area contributed by atoms with E-state index in [9.17, 15) is 13.6 Å². The van der Waals surface area contributed by atoms with Crippen molar-refractivity contribution < 1.29 is 13.6 Å². The smallest absolute Gasteiger partial charge is 0.288 e. The van der Waals surface area contributed by atoms with E-state index in [-0.39, 0.29) is 12.5 Å². The molecule has 1 N–H and O–H groups in total. The highest BCUT2D eigenvalue weighted by molar-refractivity contribution is 9.10. The third-order valence-corrected chi connectivity index (χ3v) is 3.40. The minimum absolute atomic E-state index is 0.0825. The van der Waals surface area contributed by atoms with Crippen molar-refractivity contribution in [3.05, 3.63) is 41.1 Å². The fourth-order valence-corrected chi connectivity index (χ4v) is 2.32. The van der Waals surface area contributed by atoms with E-state index in [2.05, 4.69) is 26.3 Å². The highest BCUT2D eigenvalue weighted by Crippen LogP contribution is 2.26. The summed E-state index contributed by atoms with van der Waals surface area (Å²) in [5.41, 5.74) is 0.555. The van der Waals surface area contributed by atoms with E-state index in [1.54, 1.807) is 24.5 Å². The lowest BCUT2D eigenvalue weighted by Gasteiger charge is -2.06. The summed E-state index contributed by atoms with van der Waals surface area (Å²) < 4.78 is 26.6. The summed E-state index contributed by atoms with van der Waals surface area (Å²) in [5.74, 6) is -2.69. The number of alkyl halides is 2. The average Bonchev–Trinajstić information content (AvgIpc) is 2.76. The number of amides is 1. The van der Waals surface area contributed by atoms with Gasteiger partial charge in [-0.3, -0.25) is 9.48 Å². The Labute approximate surface area is 126 Å². The Morgan fingerprint density at radius 3 is 2.65 bits per heavy atom. The highest BCUT2D eigenvalue weighted by Gasteiger charge is 2.07. The predicted octanol–water partition coefficient (Wildman–Crippen LogP) is 3.60. The molecular weight excluding hydrogens is 352 g/mol. The van der Waals surface area contributed by atoms with Gasteiger partial charge in [0.1, 0.15) is 6.54 Å². The Bertz CT molecular complexity index is 589. The van der Waals surface area contributed by atoms with Crippen LogP contribution in [0.4, 0.5) is 14.5 Å². The van der Waals surface area contributed by atoms with Crippen molar-refractivity contribution in [2.24, 2.45) is 0 Å². The number of nitrogens with one attached hydrogen (secondary N) is 1. The number of carbonyl (C=O) groups excluding carboxylic acids is 1. The van der Waals surface area contributed by atoms with Gasteiger partial charge in [0.2, 0.25) is 5.91 Å². The Hall–Kier alpha value is -1.41. The van der Waals surface area contributed by atoms with Gasteiger partial charge in [-0.25, -0.2) is 0 Å². The molecule has 1 amide bonds. The van der Waals surface area contributed by atoms with Crippen LogP contribution in [0.25, 0.3) is 0 Å². The Morgan fingerprint density at radius 1 is 1.40 bits per heavy atom. The van der Waals surface area contributed by atoms with Crippen LogP contribution in [0.15, 0.2) is 46.0 Å². The zero-order valence-electron chi connectivity index (χ0n) is 10.1. The maximum absolute atomic E-state index is 12.2. The summed E-state index contributed by atoms with van der Waals surface area (Å²) in [5, 5.41) is 6.63. The van der Waals surface area contributed by atoms with Crippen LogP contribution >= 0.6 is 27.7 Å². The number of halogens is 3. The lowest BCUT2D eigenvalue weighted by molar-refractivity contribution is -0.116. The second-order valence-electron chi connectivity index (χ2n) is 3.81. The second-order valence-corrected chi connectivity index (χ2v) is 5.79. The molecule has 0 saturated heterocycles. The number of aromatic nitrogens is 2. The van der Waals surface area contributed by atoms with Crippen molar-refractivity contribution in [1.29, 1.82) is 0 Å². The van der Waals surface area contributed by atoms with Gasteiger partial charge in [0.25, 0.3) is 5.76 Å². The van der Waals surface area contributed by atoms with Crippen molar-refractivity contribution in [1.82, 2.24) is 9.78 Å². The van der Waals surface area contributed by atoms with Gasteiger partial charge in [-0.15, -0.1) is 0 Å². The van der Waals surface area contributed by atoms with Crippen LogP contribution in [0.5, 0.6) is 0 Å². The first kappa shape index (κ1) is 15.0. The first-order chi connectivity index (χ1) is 9.52. The topological polar surface area (TPSA) is 46.9 Å². The fourth-order valence-electron chi connectivity index (χ4n) is 1.49. The van der Waals surface area contributed by atoms with Crippen molar-refractivity contribution in [2.45, 2.75) is 17.2 Å². The third kappa shape index (κ3) is 4.61. The molecule has 0 fully saturated rings. The van der Waals surface area contributed by atoms with Crippen molar-refractivity contribution in [2.75, 3.05) is 5.32 Å². The van der Waals surface area contributed by atoms with Gasteiger partial charge in [0.05, 0.1) is 10.7 Å². The normalized spacial score (nSPS) is 10.8. The molecule has 8 heteroatoms. The molecule has 1 aromatic carbocycles. The Kier molecular flexibility index (Phi) is 5.13. The average molecular weight is 362 g/mol. The van der Waals surface area contributed by atoms with Gasteiger partial charge in [-0.1, -0.05) is 11.8 Å². The number of nitrogens with zero attached hydrogens (tertiary/aromatic N) is 2. The molecule has 2 aromatic rings. The van der Waals surface area contributed by atoms with Gasteiger partial charge in [0, 0.05) is 16.8 Å². The van der Waals surface area contributed by atoms with Gasteiger partial charge in [-0.2, -0.15) is 13.9 Å². The maximum Gasteiger partial charge on any atom is 0.288 e. The number of rotatable bonds is 5. The molecule has 20 heavy (non-hydrogen) atoms. The quantitative estimate of drug-likeness (QED) is 0.827. The number of hydrogen-bond donors (Lipinski definition) is 1. The molecule has 0 radical (unpaired) electrons. The minimum atomic E-state index is -2.45. The Morgan fingerprint density at radius 2 is 2.10 bits per heavy atom. The molecule has 106 valence electrons. The van der Waals surface area contributed by atoms with E-state index in [0.717, 1.165) is 4.47 Å². The highest BCUT2D eigenvalue weighted by atomic mass is 79.9. The molecule has 0 unspecified atom stereocenters. The SMILES string of the molecule is O=C(Cn1cc(Br)cn1)Nc1ccc(SC(F)F)cc1. The van der Waals surface area contributed by atoms with Crippen LogP contribution in [-0.2, 0) is 11.3 Å². The van der Waals surface area contributed by atoms with Crippen LogP contribution < -0.4 is 5.32 Å². The van der Waals surface area contributed by atoms with Crippen LogP contribution in [0.2, 0.25) is 0 Å². The second kappa shape index (κ2) is 6.85. The summed E-state index contributed by atoms with van der Waals surface area (Å²) >= 11 is 3.70. The van der Waals surface area contributed by atoms with Crippen LogP contribution in [0.1, 0.15) is 0 Å². The molecule has 1 aromatic heterocycles. The first-order valence-electron chi connectivity index (χ1n) is 5.55. The van der Waals surface area contributed by atoms with E-state index >= 15 is 0 Å². The zero-order valence-corrected chi connectivity index (χ0v) is 12.5. The molecule has 0 spiro atoms. The minimum Gasteiger partial charge on any atom is -0.324 e. The number of thioether (sulfide) groups is 1. The molecule has 0 bridgehead atoms. The fraction of sp³-hybridized carbons (Fsp3) is 0.167. The van der Waals surface area contributed by atoms with Crippen molar-refractivity contribution in [3.63, 3.8) is 0 Å². The molecule has 2 rings (SSSR count). The van der Waals surface area contributed by atoms with E-state index < -0.39 is 5.76 Å². The molecule has 0 saturated carbocycles. The molecule has 0 aliphatic heterocycles. The summed E-state index contributed by atoms with van der Waals surface area (Å²) in [6, 6.07) is 6.25. The first-order valence-corrected chi connectivity index (χ1v) is 7.23. The molecule has 0 aliphatic rings. The summed E-state index contributed by atoms with van der Waals surface area (Å²) in [4.78, 5) is 12.2. The molecule has 0 atom stereocenters. The molecule has 4 nitrogen and oxygen atoms in total. The summed E-state index contributed by atoms with van der Waals surface area (Å²) in [6.45, 7) is 0.0825. The predicted molar refractivity (Wildman–Crippen MR) is 76.9 cm³/mol. The number of benzene rings is 1. The molecule has 0 aliphatic carbocycles. The molecular formula is C12H10BrF2N3OS. The standard InChI is InChI=1S/C12H10BrF2N3OS/c13-8-5-16-18(6-8)7-11(19)17-9-1-3-10(4-2-9)20-12(14)15/h1-6,12H,7H2,(H,17,19). The zero-order chi connectivity index (χ0) is 14.5. The van der Waals surface area contributed by atoms with Gasteiger partial charge < -0.3 is 5.32 Å². The summed E-state index contributed by atoms with van der Waals surface area (Å²) in [6.07, 6.45) is 3.27. The largest absolute Gasteiger partial charge is 0.324 e. The lowest BCUT2D eigenvalue weighted by atomic mass is 10.3. The van der Waals surface area contributed by atoms with Crippen LogP contribution in [0.3, 0.4) is 0 Å². The van der Waals surface area contributed by atoms with E-state index in [1.165, 1.54) is 16.8 Å². The van der Waals surface area contributed by atoms with E-state index in [0.29, 0.717) is 22.3 Å². The van der Waals surface area contributed by atoms with Crippen LogP contribution in [-0.4, -0.2) is 21.4 Å². The number of carbonyl (C=O) groups is 1. The van der Waals surface area contributed by atoms with Gasteiger partial charge in [-0.05, 0) is 40.2 Å². The van der Waals surface area contributed by atoms with Crippen molar-refractivity contribution >= 4 is 39.3 Å². The number of hydrogen-bond acceptors (Lipinski definition) is 3. The van der Waals surface area contributed by atoms with Crippen molar-refractivity contribution in [3.8, 4) is 0 Å². The summed E-state index contributed by atoms with van der Waals surface area (Å²) in [7, 11) is 0. The van der Waals surface area contributed by atoms with Crippen LogP contribution in [0, 0.1) is 0 Å². The lowest BCUT2D eigenvalue weighted by Crippen LogP contribution is -2.18. The molecule has 1 heterocycles. The Balaban J connectivity index is 1.91. The number of anilines is 1.